The second-order valence-corrected chi connectivity index (χ2v) is 6.48. The second kappa shape index (κ2) is 9.69. The molecule has 0 heterocycles. The van der Waals surface area contributed by atoms with Gasteiger partial charge in [0.05, 0.1) is 0 Å². The summed E-state index contributed by atoms with van der Waals surface area (Å²) in [5, 5.41) is 2.82. The summed E-state index contributed by atoms with van der Waals surface area (Å²) in [5.74, 6) is -0.671. The molecule has 0 saturated heterocycles. The Morgan fingerprint density at radius 1 is 0.893 bits per heavy atom. The molecule has 0 unspecified atom stereocenters. The van der Waals surface area contributed by atoms with Gasteiger partial charge in [-0.2, -0.15) is 0 Å². The molecule has 2 aromatic rings. The number of anilines is 3. The van der Waals surface area contributed by atoms with Gasteiger partial charge < -0.3 is 15.1 Å². The summed E-state index contributed by atoms with van der Waals surface area (Å²) in [6, 6.07) is 14.3. The number of benzene rings is 2. The molecule has 0 aromatic heterocycles. The molecule has 28 heavy (non-hydrogen) atoms. The molecule has 148 valence electrons. The number of nitrogens with zero attached hydrogens (tertiary/aromatic N) is 2. The van der Waals surface area contributed by atoms with Gasteiger partial charge in [0.1, 0.15) is 6.54 Å². The van der Waals surface area contributed by atoms with E-state index < -0.39 is 0 Å². The van der Waals surface area contributed by atoms with E-state index in [2.05, 4.69) is 24.1 Å². The monoisotopic (exact) mass is 381 g/mol. The van der Waals surface area contributed by atoms with E-state index in [-0.39, 0.29) is 24.1 Å². The lowest BCUT2D eigenvalue weighted by Crippen LogP contribution is -2.36. The molecule has 6 heteroatoms. The molecule has 1 N–H and O–H groups in total. The van der Waals surface area contributed by atoms with Gasteiger partial charge in [-0.3, -0.25) is 14.4 Å². The molecule has 0 spiro atoms. The first-order valence-corrected chi connectivity index (χ1v) is 9.39. The Kier molecular flexibility index (Phi) is 7.32. The topological polar surface area (TPSA) is 69.7 Å². The molecule has 0 fully saturated rings. The van der Waals surface area contributed by atoms with Gasteiger partial charge >= 0.3 is 0 Å². The summed E-state index contributed by atoms with van der Waals surface area (Å²) < 4.78 is 0. The standard InChI is InChI=1S/C22H27N3O3/c1-5-24(6-2)20-12-10-19(11-13-20)23-22(28)15-25(17(4)27)21-9-7-8-18(14-21)16(3)26/h7-14H,5-6,15H2,1-4H3,(H,23,28). The van der Waals surface area contributed by atoms with Gasteiger partial charge in [-0.15, -0.1) is 0 Å². The average molecular weight is 381 g/mol. The van der Waals surface area contributed by atoms with Crippen molar-refractivity contribution in [1.29, 1.82) is 0 Å². The van der Waals surface area contributed by atoms with Gasteiger partial charge in [-0.25, -0.2) is 0 Å². The maximum Gasteiger partial charge on any atom is 0.244 e. The number of amides is 2. The molecule has 0 aliphatic carbocycles. The normalized spacial score (nSPS) is 10.3. The smallest absolute Gasteiger partial charge is 0.244 e. The van der Waals surface area contributed by atoms with E-state index >= 15 is 0 Å². The number of ketones is 1. The number of rotatable bonds is 8. The zero-order valence-corrected chi connectivity index (χ0v) is 16.9. The van der Waals surface area contributed by atoms with Crippen LogP contribution in [0.4, 0.5) is 17.1 Å². The summed E-state index contributed by atoms with van der Waals surface area (Å²) in [6.45, 7) is 8.74. The van der Waals surface area contributed by atoms with Crippen LogP contribution in [0, 0.1) is 0 Å². The maximum atomic E-state index is 12.5. The number of hydrogen-bond donors (Lipinski definition) is 1. The summed E-state index contributed by atoms with van der Waals surface area (Å²) in [4.78, 5) is 39.7. The lowest BCUT2D eigenvalue weighted by molar-refractivity contribution is -0.120. The third kappa shape index (κ3) is 5.42. The van der Waals surface area contributed by atoms with Crippen molar-refractivity contribution in [2.75, 3.05) is 34.8 Å². The SMILES string of the molecule is CCN(CC)c1ccc(NC(=O)CN(C(C)=O)c2cccc(C(C)=O)c2)cc1. The van der Waals surface area contributed by atoms with Crippen molar-refractivity contribution in [2.45, 2.75) is 27.7 Å². The number of carbonyl (C=O) groups excluding carboxylic acids is 3. The van der Waals surface area contributed by atoms with Crippen molar-refractivity contribution >= 4 is 34.7 Å². The van der Waals surface area contributed by atoms with E-state index in [1.807, 2.05) is 24.3 Å². The van der Waals surface area contributed by atoms with Crippen molar-refractivity contribution < 1.29 is 14.4 Å². The highest BCUT2D eigenvalue weighted by Crippen LogP contribution is 2.19. The van der Waals surface area contributed by atoms with Crippen LogP contribution >= 0.6 is 0 Å². The predicted octanol–water partition coefficient (Wildman–Crippen LogP) is 3.73. The molecule has 2 aromatic carbocycles. The quantitative estimate of drug-likeness (QED) is 0.708. The minimum Gasteiger partial charge on any atom is -0.372 e. The van der Waals surface area contributed by atoms with Crippen molar-refractivity contribution in [3.8, 4) is 0 Å². The van der Waals surface area contributed by atoms with Crippen molar-refractivity contribution in [1.82, 2.24) is 0 Å². The molecule has 0 saturated carbocycles. The first-order chi connectivity index (χ1) is 13.3. The van der Waals surface area contributed by atoms with E-state index in [9.17, 15) is 14.4 Å². The van der Waals surface area contributed by atoms with Crippen LogP contribution in [0.5, 0.6) is 0 Å². The van der Waals surface area contributed by atoms with Crippen LogP contribution in [0.25, 0.3) is 0 Å². The first-order valence-electron chi connectivity index (χ1n) is 9.39. The van der Waals surface area contributed by atoms with Gasteiger partial charge in [0, 0.05) is 42.6 Å². The van der Waals surface area contributed by atoms with Crippen LogP contribution in [-0.2, 0) is 9.59 Å². The zero-order valence-electron chi connectivity index (χ0n) is 16.9. The van der Waals surface area contributed by atoms with Crippen LogP contribution < -0.4 is 15.1 Å². The molecular weight excluding hydrogens is 354 g/mol. The van der Waals surface area contributed by atoms with E-state index in [1.165, 1.54) is 18.7 Å². The van der Waals surface area contributed by atoms with Gasteiger partial charge in [-0.1, -0.05) is 12.1 Å². The fraction of sp³-hybridized carbons (Fsp3) is 0.318. The molecule has 0 aliphatic rings. The van der Waals surface area contributed by atoms with E-state index in [4.69, 9.17) is 0 Å². The molecule has 0 bridgehead atoms. The van der Waals surface area contributed by atoms with Crippen LogP contribution in [0.2, 0.25) is 0 Å². The fourth-order valence-corrected chi connectivity index (χ4v) is 2.97. The lowest BCUT2D eigenvalue weighted by Gasteiger charge is -2.22. The van der Waals surface area contributed by atoms with Crippen molar-refractivity contribution in [3.05, 3.63) is 54.1 Å². The fourth-order valence-electron chi connectivity index (χ4n) is 2.97. The summed E-state index contributed by atoms with van der Waals surface area (Å²) in [5.41, 5.74) is 2.78. The Morgan fingerprint density at radius 3 is 2.07 bits per heavy atom. The number of nitrogens with one attached hydrogen (secondary N) is 1. The second-order valence-electron chi connectivity index (χ2n) is 6.48. The number of Topliss-reactive ketones (excluding diaryl/α,β-unsaturated/α-hetero) is 1. The molecule has 0 atom stereocenters. The van der Waals surface area contributed by atoms with E-state index in [1.54, 1.807) is 24.3 Å². The third-order valence-electron chi connectivity index (χ3n) is 4.53. The molecule has 2 rings (SSSR count). The molecule has 0 aliphatic heterocycles. The van der Waals surface area contributed by atoms with Gasteiger partial charge in [0.2, 0.25) is 11.8 Å². The van der Waals surface area contributed by atoms with Crippen LogP contribution in [-0.4, -0.2) is 37.2 Å². The van der Waals surface area contributed by atoms with Gasteiger partial charge in [0.25, 0.3) is 0 Å². The molecule has 0 radical (unpaired) electrons. The number of hydrogen-bond acceptors (Lipinski definition) is 4. The van der Waals surface area contributed by atoms with Gasteiger partial charge in [-0.05, 0) is 57.2 Å². The summed E-state index contributed by atoms with van der Waals surface area (Å²) >= 11 is 0. The Balaban J connectivity index is 2.10. The molecule has 6 nitrogen and oxygen atoms in total. The Bertz CT molecular complexity index is 842. The Labute approximate surface area is 166 Å². The third-order valence-corrected chi connectivity index (χ3v) is 4.53. The van der Waals surface area contributed by atoms with Gasteiger partial charge in [0.15, 0.2) is 5.78 Å². The minimum atomic E-state index is -0.306. The highest BCUT2D eigenvalue weighted by Gasteiger charge is 2.17. The average Bonchev–Trinajstić information content (AvgIpc) is 2.68. The van der Waals surface area contributed by atoms with Crippen molar-refractivity contribution in [2.24, 2.45) is 0 Å². The van der Waals surface area contributed by atoms with Crippen molar-refractivity contribution in [3.63, 3.8) is 0 Å². The summed E-state index contributed by atoms with van der Waals surface area (Å²) in [7, 11) is 0. The first kappa shape index (κ1) is 21.2. The summed E-state index contributed by atoms with van der Waals surface area (Å²) in [6.07, 6.45) is 0. The highest BCUT2D eigenvalue weighted by molar-refractivity contribution is 6.03. The minimum absolute atomic E-state index is 0.0944. The zero-order chi connectivity index (χ0) is 20.7. The van der Waals surface area contributed by atoms with E-state index in [0.29, 0.717) is 16.9 Å². The maximum absolute atomic E-state index is 12.5. The van der Waals surface area contributed by atoms with Crippen LogP contribution in [0.15, 0.2) is 48.5 Å². The van der Waals surface area contributed by atoms with Crippen LogP contribution in [0.3, 0.4) is 0 Å². The highest BCUT2D eigenvalue weighted by atomic mass is 16.2. The Hall–Kier alpha value is -3.15. The van der Waals surface area contributed by atoms with E-state index in [0.717, 1.165) is 18.8 Å². The molecular formula is C22H27N3O3. The largest absolute Gasteiger partial charge is 0.372 e. The molecule has 2 amide bonds. The number of carbonyl (C=O) groups is 3. The predicted molar refractivity (Wildman–Crippen MR) is 113 cm³/mol. The van der Waals surface area contributed by atoms with Crippen LogP contribution in [0.1, 0.15) is 38.1 Å². The Morgan fingerprint density at radius 2 is 1.54 bits per heavy atom. The lowest BCUT2D eigenvalue weighted by atomic mass is 10.1.